The van der Waals surface area contributed by atoms with E-state index in [1.54, 1.807) is 12.0 Å². The highest BCUT2D eigenvalue weighted by molar-refractivity contribution is 6.32. The maximum absolute atomic E-state index is 13.6. The van der Waals surface area contributed by atoms with Gasteiger partial charge in [0.05, 0.1) is 37.4 Å². The van der Waals surface area contributed by atoms with E-state index >= 15 is 0 Å². The number of carbonyl (C=O) groups excluding carboxylic acids is 1. The maximum atomic E-state index is 13.6. The third kappa shape index (κ3) is 3.07. The molecular formula is C22H26ClN5O3. The second-order valence-corrected chi connectivity index (χ2v) is 8.38. The van der Waals surface area contributed by atoms with Gasteiger partial charge in [0.15, 0.2) is 11.5 Å². The van der Waals surface area contributed by atoms with E-state index < -0.39 is 0 Å². The van der Waals surface area contributed by atoms with Gasteiger partial charge in [-0.15, -0.1) is 0 Å². The van der Waals surface area contributed by atoms with E-state index in [-0.39, 0.29) is 18.0 Å². The normalized spacial score (nSPS) is 21.7. The van der Waals surface area contributed by atoms with Crippen molar-refractivity contribution in [3.05, 3.63) is 34.5 Å². The fraction of sp³-hybridized carbons (Fsp3) is 0.500. The molecule has 0 spiro atoms. The number of carbonyl (C=O) groups is 1. The fourth-order valence-corrected chi connectivity index (χ4v) is 5.14. The lowest BCUT2D eigenvalue weighted by Gasteiger charge is -2.35. The molecular weight excluding hydrogens is 418 g/mol. The van der Waals surface area contributed by atoms with Crippen LogP contribution < -0.4 is 14.4 Å². The molecule has 2 atom stereocenters. The van der Waals surface area contributed by atoms with Gasteiger partial charge in [-0.3, -0.25) is 19.2 Å². The molecule has 1 fully saturated rings. The van der Waals surface area contributed by atoms with Gasteiger partial charge < -0.3 is 9.47 Å². The summed E-state index contributed by atoms with van der Waals surface area (Å²) in [5.74, 6) is 1.91. The minimum Gasteiger partial charge on any atom is -0.495 e. The van der Waals surface area contributed by atoms with Gasteiger partial charge in [-0.2, -0.15) is 4.98 Å². The average molecular weight is 444 g/mol. The Morgan fingerprint density at radius 1 is 1.26 bits per heavy atom. The van der Waals surface area contributed by atoms with Gasteiger partial charge in [-0.25, -0.2) is 4.99 Å². The summed E-state index contributed by atoms with van der Waals surface area (Å²) < 4.78 is 13.0. The number of ether oxygens (including phenoxy) is 2. The highest BCUT2D eigenvalue weighted by atomic mass is 35.5. The lowest BCUT2D eigenvalue weighted by molar-refractivity contribution is 0.0834. The Kier molecular flexibility index (Phi) is 5.04. The van der Waals surface area contributed by atoms with E-state index in [1.165, 1.54) is 0 Å². The van der Waals surface area contributed by atoms with Crippen molar-refractivity contribution in [2.24, 2.45) is 4.99 Å². The van der Waals surface area contributed by atoms with E-state index in [1.807, 2.05) is 36.6 Å². The van der Waals surface area contributed by atoms with Crippen LogP contribution in [-0.4, -0.2) is 58.7 Å². The van der Waals surface area contributed by atoms with Crippen molar-refractivity contribution < 1.29 is 14.3 Å². The summed E-state index contributed by atoms with van der Waals surface area (Å²) in [7, 11) is 1.59. The van der Waals surface area contributed by atoms with Crippen LogP contribution in [0.2, 0.25) is 5.02 Å². The number of hydrogen-bond donors (Lipinski definition) is 0. The van der Waals surface area contributed by atoms with Gasteiger partial charge in [0.25, 0.3) is 11.9 Å². The molecule has 1 saturated carbocycles. The van der Waals surface area contributed by atoms with Crippen LogP contribution >= 0.6 is 11.6 Å². The first-order valence-corrected chi connectivity index (χ1v) is 11.2. The summed E-state index contributed by atoms with van der Waals surface area (Å²) in [4.78, 5) is 27.2. The Labute approximate surface area is 186 Å². The Morgan fingerprint density at radius 2 is 2.10 bits per heavy atom. The summed E-state index contributed by atoms with van der Waals surface area (Å²) in [6.07, 6.45) is 3.24. The molecule has 0 unspecified atom stereocenters. The number of halogens is 1. The van der Waals surface area contributed by atoms with Crippen molar-refractivity contribution >= 4 is 29.3 Å². The Balaban J connectivity index is 1.62. The maximum Gasteiger partial charge on any atom is 0.299 e. The summed E-state index contributed by atoms with van der Waals surface area (Å²) in [5, 5.41) is 0.524. The number of imidazole rings is 1. The molecule has 2 aliphatic heterocycles. The molecule has 3 heterocycles. The van der Waals surface area contributed by atoms with E-state index in [0.29, 0.717) is 48.0 Å². The van der Waals surface area contributed by atoms with Gasteiger partial charge >= 0.3 is 0 Å². The standard InChI is InChI=1S/C22H26ClN5O3/c1-4-26-20(29)18-19(28-16-8-6-7-15(16)24-21(26)28)25-22(31-5-2)27(18)12-13-9-10-17(30-3)14(23)11-13/h9-11,15-16H,4-8,12H2,1-3H3/t15-,16+/m1/s1. The fourth-order valence-electron chi connectivity index (χ4n) is 4.86. The molecule has 31 heavy (non-hydrogen) atoms. The van der Waals surface area contributed by atoms with Crippen molar-refractivity contribution in [2.75, 3.05) is 25.2 Å². The zero-order chi connectivity index (χ0) is 21.7. The molecule has 1 aromatic carbocycles. The largest absolute Gasteiger partial charge is 0.495 e. The molecule has 1 aliphatic carbocycles. The Morgan fingerprint density at radius 3 is 2.81 bits per heavy atom. The van der Waals surface area contributed by atoms with Gasteiger partial charge in [0.2, 0.25) is 5.96 Å². The molecule has 9 heteroatoms. The molecule has 0 radical (unpaired) electrons. The van der Waals surface area contributed by atoms with Crippen LogP contribution in [0.3, 0.4) is 0 Å². The van der Waals surface area contributed by atoms with Crippen molar-refractivity contribution in [2.45, 2.75) is 51.7 Å². The van der Waals surface area contributed by atoms with Crippen LogP contribution in [-0.2, 0) is 6.54 Å². The highest BCUT2D eigenvalue weighted by Crippen LogP contribution is 2.42. The van der Waals surface area contributed by atoms with Crippen LogP contribution in [0.5, 0.6) is 11.8 Å². The molecule has 164 valence electrons. The monoisotopic (exact) mass is 443 g/mol. The lowest BCUT2D eigenvalue weighted by atomic mass is 10.1. The van der Waals surface area contributed by atoms with Crippen LogP contribution in [0.15, 0.2) is 23.2 Å². The SMILES string of the molecule is CCOc1nc2c(n1Cc1ccc(OC)c(Cl)c1)C(=O)N(CC)C1=N[C@@H]3CCC[C@@H]3N12. The van der Waals surface area contributed by atoms with Gasteiger partial charge in [-0.1, -0.05) is 17.7 Å². The van der Waals surface area contributed by atoms with Crippen molar-refractivity contribution in [3.8, 4) is 11.8 Å². The van der Waals surface area contributed by atoms with E-state index in [9.17, 15) is 4.79 Å². The van der Waals surface area contributed by atoms with Crippen molar-refractivity contribution in [1.29, 1.82) is 0 Å². The second kappa shape index (κ2) is 7.75. The first-order chi connectivity index (χ1) is 15.1. The zero-order valence-corrected chi connectivity index (χ0v) is 18.7. The summed E-state index contributed by atoms with van der Waals surface area (Å²) in [6.45, 7) is 5.32. The summed E-state index contributed by atoms with van der Waals surface area (Å²) >= 11 is 6.34. The van der Waals surface area contributed by atoms with E-state index in [0.717, 1.165) is 30.8 Å². The molecule has 0 bridgehead atoms. The third-order valence-electron chi connectivity index (χ3n) is 6.25. The summed E-state index contributed by atoms with van der Waals surface area (Å²) in [6, 6.07) is 6.53. The number of guanidine groups is 1. The van der Waals surface area contributed by atoms with Crippen molar-refractivity contribution in [3.63, 3.8) is 0 Å². The topological polar surface area (TPSA) is 72.2 Å². The molecule has 5 rings (SSSR count). The first kappa shape index (κ1) is 20.2. The van der Waals surface area contributed by atoms with Gasteiger partial charge in [0.1, 0.15) is 5.75 Å². The number of aromatic nitrogens is 2. The Hall–Kier alpha value is -2.74. The molecule has 1 amide bonds. The van der Waals surface area contributed by atoms with Crippen LogP contribution in [0.25, 0.3) is 0 Å². The zero-order valence-electron chi connectivity index (χ0n) is 18.0. The molecule has 1 aromatic heterocycles. The highest BCUT2D eigenvalue weighted by Gasteiger charge is 2.50. The van der Waals surface area contributed by atoms with Crippen LogP contribution in [0, 0.1) is 0 Å². The average Bonchev–Trinajstić information content (AvgIpc) is 3.43. The smallest absolute Gasteiger partial charge is 0.299 e. The number of amides is 1. The number of hydrogen-bond acceptors (Lipinski definition) is 6. The number of anilines is 1. The molecule has 0 N–H and O–H groups in total. The molecule has 2 aromatic rings. The second-order valence-electron chi connectivity index (χ2n) is 7.97. The number of nitrogens with zero attached hydrogens (tertiary/aromatic N) is 5. The molecule has 0 saturated heterocycles. The molecule has 8 nitrogen and oxygen atoms in total. The van der Waals surface area contributed by atoms with Gasteiger partial charge in [0, 0.05) is 6.54 Å². The van der Waals surface area contributed by atoms with Crippen LogP contribution in [0.1, 0.15) is 49.2 Å². The predicted octanol–water partition coefficient (Wildman–Crippen LogP) is 3.56. The number of benzene rings is 1. The predicted molar refractivity (Wildman–Crippen MR) is 119 cm³/mol. The lowest BCUT2D eigenvalue weighted by Crippen LogP contribution is -2.53. The van der Waals surface area contributed by atoms with E-state index in [2.05, 4.69) is 4.90 Å². The minimum atomic E-state index is -0.0921. The number of fused-ring (bicyclic) bond motifs is 5. The third-order valence-corrected chi connectivity index (χ3v) is 6.55. The van der Waals surface area contributed by atoms with Crippen LogP contribution in [0.4, 0.5) is 5.82 Å². The summed E-state index contributed by atoms with van der Waals surface area (Å²) in [5.41, 5.74) is 1.48. The first-order valence-electron chi connectivity index (χ1n) is 10.8. The Bertz CT molecular complexity index is 1070. The number of rotatable bonds is 6. The van der Waals surface area contributed by atoms with E-state index in [4.69, 9.17) is 31.1 Å². The molecule has 3 aliphatic rings. The number of methoxy groups -OCH3 is 1. The number of aliphatic imine (C=N–C) groups is 1. The van der Waals surface area contributed by atoms with Gasteiger partial charge in [-0.05, 0) is 50.8 Å². The quantitative estimate of drug-likeness (QED) is 0.682. The van der Waals surface area contributed by atoms with Crippen molar-refractivity contribution in [1.82, 2.24) is 14.5 Å². The minimum absolute atomic E-state index is 0.0921.